The molecule has 2 rings (SSSR count). The lowest BCUT2D eigenvalue weighted by Gasteiger charge is -2.05. The van der Waals surface area contributed by atoms with Crippen molar-refractivity contribution in [2.24, 2.45) is 0 Å². The lowest BCUT2D eigenvalue weighted by molar-refractivity contribution is -0.143. The van der Waals surface area contributed by atoms with Crippen LogP contribution in [-0.4, -0.2) is 22.1 Å². The van der Waals surface area contributed by atoms with E-state index < -0.39 is 17.2 Å². The Morgan fingerprint density at radius 1 is 1.25 bits per heavy atom. The number of hydrogen-bond donors (Lipinski definition) is 1. The number of H-pyrrole nitrogens is 1. The van der Waals surface area contributed by atoms with Gasteiger partial charge in [-0.25, -0.2) is 9.36 Å². The van der Waals surface area contributed by atoms with Crippen LogP contribution in [0.5, 0.6) is 0 Å². The standard InChI is InChI=1S/C12H12N2O4.C2H6/c1-2-18-10(15)7-14-11(16)8-5-3-4-6-9(8)13-12(14)17;1-2/h3-6H,2,7H2,1H3,(H,13,17);1-2H3. The molecule has 0 aliphatic rings. The molecule has 6 nitrogen and oxygen atoms in total. The zero-order valence-electron chi connectivity index (χ0n) is 11.8. The van der Waals surface area contributed by atoms with Gasteiger partial charge in [-0.05, 0) is 19.1 Å². The van der Waals surface area contributed by atoms with Gasteiger partial charge >= 0.3 is 11.7 Å². The Bertz CT molecular complexity index is 700. The van der Waals surface area contributed by atoms with Crippen LogP contribution in [0.25, 0.3) is 10.9 Å². The van der Waals surface area contributed by atoms with Crippen molar-refractivity contribution >= 4 is 16.9 Å². The van der Waals surface area contributed by atoms with Crippen molar-refractivity contribution in [3.63, 3.8) is 0 Å². The van der Waals surface area contributed by atoms with Crippen molar-refractivity contribution in [1.29, 1.82) is 0 Å². The molecule has 1 N–H and O–H groups in total. The number of benzene rings is 1. The molecule has 1 aromatic carbocycles. The molecule has 0 radical (unpaired) electrons. The Labute approximate surface area is 116 Å². The fourth-order valence-electron chi connectivity index (χ4n) is 1.68. The van der Waals surface area contributed by atoms with Crippen LogP contribution in [0.4, 0.5) is 0 Å². The number of esters is 1. The highest BCUT2D eigenvalue weighted by Crippen LogP contribution is 2.02. The SMILES string of the molecule is CC.CCOC(=O)Cn1c(=O)[nH]c2ccccc2c1=O. The summed E-state index contributed by atoms with van der Waals surface area (Å²) >= 11 is 0. The molecule has 2 aromatic rings. The largest absolute Gasteiger partial charge is 0.465 e. The second-order valence-corrected chi connectivity index (χ2v) is 3.67. The third-order valence-electron chi connectivity index (χ3n) is 2.48. The molecular formula is C14H18N2O4. The van der Waals surface area contributed by atoms with Crippen molar-refractivity contribution < 1.29 is 9.53 Å². The normalized spacial score (nSPS) is 9.75. The zero-order valence-corrected chi connectivity index (χ0v) is 11.8. The molecule has 0 fully saturated rings. The fraction of sp³-hybridized carbons (Fsp3) is 0.357. The molecule has 0 spiro atoms. The van der Waals surface area contributed by atoms with Gasteiger partial charge in [0.15, 0.2) is 0 Å². The van der Waals surface area contributed by atoms with E-state index in [2.05, 4.69) is 4.98 Å². The Balaban J connectivity index is 0.000000956. The van der Waals surface area contributed by atoms with E-state index in [1.165, 1.54) is 0 Å². The number of aromatic amines is 1. The van der Waals surface area contributed by atoms with E-state index in [0.29, 0.717) is 10.9 Å². The van der Waals surface area contributed by atoms with Gasteiger partial charge in [0.1, 0.15) is 6.54 Å². The topological polar surface area (TPSA) is 81.2 Å². The van der Waals surface area contributed by atoms with E-state index in [1.54, 1.807) is 31.2 Å². The van der Waals surface area contributed by atoms with E-state index in [4.69, 9.17) is 4.74 Å². The molecule has 108 valence electrons. The van der Waals surface area contributed by atoms with Gasteiger partial charge in [-0.15, -0.1) is 0 Å². The maximum Gasteiger partial charge on any atom is 0.329 e. The summed E-state index contributed by atoms with van der Waals surface area (Å²) in [4.78, 5) is 37.6. The maximum atomic E-state index is 12.0. The number of nitrogens with zero attached hydrogens (tertiary/aromatic N) is 1. The minimum absolute atomic E-state index is 0.207. The monoisotopic (exact) mass is 278 g/mol. The fourth-order valence-corrected chi connectivity index (χ4v) is 1.68. The lowest BCUT2D eigenvalue weighted by Crippen LogP contribution is -2.37. The van der Waals surface area contributed by atoms with Crippen LogP contribution in [0.15, 0.2) is 33.9 Å². The van der Waals surface area contributed by atoms with Crippen LogP contribution >= 0.6 is 0 Å². The number of ether oxygens (including phenoxy) is 1. The third kappa shape index (κ3) is 3.34. The van der Waals surface area contributed by atoms with Crippen molar-refractivity contribution in [2.75, 3.05) is 6.61 Å². The van der Waals surface area contributed by atoms with Crippen LogP contribution in [0.2, 0.25) is 0 Å². The van der Waals surface area contributed by atoms with Crippen molar-refractivity contribution in [2.45, 2.75) is 27.3 Å². The number of rotatable bonds is 3. The van der Waals surface area contributed by atoms with Gasteiger partial charge in [0.2, 0.25) is 0 Å². The summed E-state index contributed by atoms with van der Waals surface area (Å²) in [5.74, 6) is -0.611. The number of nitrogens with one attached hydrogen (secondary N) is 1. The molecule has 0 amide bonds. The van der Waals surface area contributed by atoms with Crippen LogP contribution in [0.3, 0.4) is 0 Å². The minimum Gasteiger partial charge on any atom is -0.465 e. The quantitative estimate of drug-likeness (QED) is 0.857. The molecule has 0 saturated heterocycles. The summed E-state index contributed by atoms with van der Waals surface area (Å²) < 4.78 is 5.55. The predicted octanol–water partition coefficient (Wildman–Crippen LogP) is 1.28. The molecule has 0 saturated carbocycles. The summed E-state index contributed by atoms with van der Waals surface area (Å²) in [7, 11) is 0. The first-order chi connectivity index (χ1) is 9.63. The second kappa shape index (κ2) is 7.28. The summed E-state index contributed by atoms with van der Waals surface area (Å²) in [5.41, 5.74) is -0.665. The molecule has 1 aromatic heterocycles. The number of carbonyl (C=O) groups is 1. The van der Waals surface area contributed by atoms with E-state index in [0.717, 1.165) is 4.57 Å². The van der Waals surface area contributed by atoms with Crippen LogP contribution in [0, 0.1) is 0 Å². The highest BCUT2D eigenvalue weighted by Gasteiger charge is 2.11. The summed E-state index contributed by atoms with van der Waals surface area (Å²) in [6.07, 6.45) is 0. The highest BCUT2D eigenvalue weighted by atomic mass is 16.5. The molecule has 0 aliphatic heterocycles. The van der Waals surface area contributed by atoms with Gasteiger partial charge in [0, 0.05) is 0 Å². The number of hydrogen-bond acceptors (Lipinski definition) is 4. The smallest absolute Gasteiger partial charge is 0.329 e. The third-order valence-corrected chi connectivity index (χ3v) is 2.48. The summed E-state index contributed by atoms with van der Waals surface area (Å²) in [5, 5.41) is 0.362. The first-order valence-electron chi connectivity index (χ1n) is 6.51. The lowest BCUT2D eigenvalue weighted by atomic mass is 10.2. The Morgan fingerprint density at radius 3 is 2.55 bits per heavy atom. The number of aromatic nitrogens is 2. The Kier molecular flexibility index (Phi) is 5.71. The van der Waals surface area contributed by atoms with Gasteiger partial charge in [-0.1, -0.05) is 26.0 Å². The number of carbonyl (C=O) groups excluding carboxylic acids is 1. The van der Waals surface area contributed by atoms with Gasteiger partial charge in [-0.2, -0.15) is 0 Å². The second-order valence-electron chi connectivity index (χ2n) is 3.67. The van der Waals surface area contributed by atoms with Crippen molar-refractivity contribution in [1.82, 2.24) is 9.55 Å². The Hall–Kier alpha value is -2.37. The van der Waals surface area contributed by atoms with Crippen molar-refractivity contribution in [3.05, 3.63) is 45.1 Å². The first kappa shape index (κ1) is 15.7. The first-order valence-corrected chi connectivity index (χ1v) is 6.51. The molecule has 6 heteroatoms. The van der Waals surface area contributed by atoms with Crippen LogP contribution < -0.4 is 11.2 Å². The van der Waals surface area contributed by atoms with E-state index in [9.17, 15) is 14.4 Å². The Morgan fingerprint density at radius 2 is 1.90 bits per heavy atom. The molecule has 0 aliphatic carbocycles. The molecule has 0 unspecified atom stereocenters. The average molecular weight is 278 g/mol. The van der Waals surface area contributed by atoms with Crippen LogP contribution in [0.1, 0.15) is 20.8 Å². The van der Waals surface area contributed by atoms with Gasteiger partial charge in [-0.3, -0.25) is 9.59 Å². The van der Waals surface area contributed by atoms with E-state index >= 15 is 0 Å². The van der Waals surface area contributed by atoms with Gasteiger partial charge in [0.25, 0.3) is 5.56 Å². The highest BCUT2D eigenvalue weighted by molar-refractivity contribution is 5.77. The summed E-state index contributed by atoms with van der Waals surface area (Å²) in [6.45, 7) is 5.48. The summed E-state index contributed by atoms with van der Waals surface area (Å²) in [6, 6.07) is 6.63. The predicted molar refractivity (Wildman–Crippen MR) is 76.8 cm³/mol. The zero-order chi connectivity index (χ0) is 15.1. The molecule has 0 bridgehead atoms. The van der Waals surface area contributed by atoms with Crippen LogP contribution in [-0.2, 0) is 16.1 Å². The molecule has 0 atom stereocenters. The van der Waals surface area contributed by atoms with E-state index in [1.807, 2.05) is 13.8 Å². The van der Waals surface area contributed by atoms with Crippen molar-refractivity contribution in [3.8, 4) is 0 Å². The van der Waals surface area contributed by atoms with Gasteiger partial charge < -0.3 is 9.72 Å². The number of fused-ring (bicyclic) bond motifs is 1. The van der Waals surface area contributed by atoms with E-state index in [-0.39, 0.29) is 13.2 Å². The average Bonchev–Trinajstić information content (AvgIpc) is 2.46. The molecule has 1 heterocycles. The molecule has 20 heavy (non-hydrogen) atoms. The maximum absolute atomic E-state index is 12.0. The van der Waals surface area contributed by atoms with Gasteiger partial charge in [0.05, 0.1) is 17.5 Å². The minimum atomic E-state index is -0.619. The number of para-hydroxylation sites is 1. The molecular weight excluding hydrogens is 260 g/mol.